The van der Waals surface area contributed by atoms with Gasteiger partial charge in [0.25, 0.3) is 5.91 Å². The largest absolute Gasteiger partial charge is 0.345 e. The van der Waals surface area contributed by atoms with Crippen LogP contribution in [0.3, 0.4) is 0 Å². The SMILES string of the molecule is C[C@H](NC(=O)c1cc(S(=O)(=O)N2CCCCC2)ccc1Cl)c1ccc(S(C)(=O)=O)cc1. The van der Waals surface area contributed by atoms with Crippen molar-refractivity contribution >= 4 is 37.4 Å². The Hall–Kier alpha value is -1.94. The molecule has 0 spiro atoms. The van der Waals surface area contributed by atoms with E-state index in [0.29, 0.717) is 18.7 Å². The number of nitrogens with one attached hydrogen (secondary N) is 1. The highest BCUT2D eigenvalue weighted by Gasteiger charge is 2.27. The normalized spacial score (nSPS) is 16.6. The van der Waals surface area contributed by atoms with Crippen LogP contribution in [0.4, 0.5) is 0 Å². The number of halogens is 1. The van der Waals surface area contributed by atoms with Crippen molar-refractivity contribution in [3.05, 3.63) is 58.6 Å². The predicted molar refractivity (Wildman–Crippen MR) is 119 cm³/mol. The monoisotopic (exact) mass is 484 g/mol. The van der Waals surface area contributed by atoms with E-state index in [1.807, 2.05) is 0 Å². The molecule has 10 heteroatoms. The second kappa shape index (κ2) is 9.28. The molecule has 168 valence electrons. The summed E-state index contributed by atoms with van der Waals surface area (Å²) in [6, 6.07) is 9.90. The Labute approximate surface area is 188 Å². The highest BCUT2D eigenvalue weighted by atomic mass is 35.5. The molecule has 0 saturated carbocycles. The summed E-state index contributed by atoms with van der Waals surface area (Å²) in [6.45, 7) is 2.68. The molecule has 1 saturated heterocycles. The van der Waals surface area contributed by atoms with Gasteiger partial charge < -0.3 is 5.32 Å². The first-order chi connectivity index (χ1) is 14.5. The van der Waals surface area contributed by atoms with Crippen LogP contribution in [0.1, 0.15) is 48.1 Å². The third-order valence-electron chi connectivity index (χ3n) is 5.29. The van der Waals surface area contributed by atoms with Crippen molar-refractivity contribution in [1.82, 2.24) is 9.62 Å². The van der Waals surface area contributed by atoms with Crippen LogP contribution in [0, 0.1) is 0 Å². The molecule has 2 aromatic rings. The average molecular weight is 485 g/mol. The van der Waals surface area contributed by atoms with Gasteiger partial charge in [0.15, 0.2) is 9.84 Å². The van der Waals surface area contributed by atoms with Crippen LogP contribution in [0.2, 0.25) is 5.02 Å². The number of carbonyl (C=O) groups is 1. The molecule has 0 radical (unpaired) electrons. The molecule has 0 bridgehead atoms. The smallest absolute Gasteiger partial charge is 0.253 e. The lowest BCUT2D eigenvalue weighted by Crippen LogP contribution is -2.35. The van der Waals surface area contributed by atoms with E-state index in [1.165, 1.54) is 34.6 Å². The standard InChI is InChI=1S/C21H25ClN2O5S2/c1-15(16-6-8-17(9-7-16)30(2,26)27)23-21(25)19-14-18(10-11-20(19)22)31(28,29)24-12-4-3-5-13-24/h6-11,14-15H,3-5,12-13H2,1-2H3,(H,23,25)/t15-/m0/s1. The fraction of sp³-hybridized carbons (Fsp3) is 0.381. The first-order valence-electron chi connectivity index (χ1n) is 9.91. The van der Waals surface area contributed by atoms with Crippen molar-refractivity contribution < 1.29 is 21.6 Å². The molecular weight excluding hydrogens is 460 g/mol. The van der Waals surface area contributed by atoms with Crippen molar-refractivity contribution in [2.24, 2.45) is 0 Å². The Bertz CT molecular complexity index is 1170. The Kier molecular flexibility index (Phi) is 7.10. The molecule has 1 aliphatic rings. The van der Waals surface area contributed by atoms with E-state index in [2.05, 4.69) is 5.32 Å². The van der Waals surface area contributed by atoms with E-state index >= 15 is 0 Å². The van der Waals surface area contributed by atoms with E-state index in [0.717, 1.165) is 25.5 Å². The lowest BCUT2D eigenvalue weighted by Gasteiger charge is -2.26. The van der Waals surface area contributed by atoms with Crippen LogP contribution < -0.4 is 5.32 Å². The van der Waals surface area contributed by atoms with Gasteiger partial charge in [-0.05, 0) is 55.7 Å². The maximum Gasteiger partial charge on any atom is 0.253 e. The summed E-state index contributed by atoms with van der Waals surface area (Å²) >= 11 is 6.19. The van der Waals surface area contributed by atoms with Gasteiger partial charge in [-0.3, -0.25) is 4.79 Å². The van der Waals surface area contributed by atoms with E-state index < -0.39 is 31.8 Å². The minimum absolute atomic E-state index is 0.0362. The Morgan fingerprint density at radius 1 is 0.968 bits per heavy atom. The van der Waals surface area contributed by atoms with Crippen molar-refractivity contribution in [1.29, 1.82) is 0 Å². The lowest BCUT2D eigenvalue weighted by atomic mass is 10.1. The summed E-state index contributed by atoms with van der Waals surface area (Å²) < 4.78 is 50.5. The molecule has 31 heavy (non-hydrogen) atoms. The summed E-state index contributed by atoms with van der Waals surface area (Å²) in [7, 11) is -7.01. The number of rotatable bonds is 6. The van der Waals surface area contributed by atoms with Gasteiger partial charge in [0.1, 0.15) is 0 Å². The number of nitrogens with zero attached hydrogens (tertiary/aromatic N) is 1. The van der Waals surface area contributed by atoms with Crippen LogP contribution >= 0.6 is 11.6 Å². The Morgan fingerprint density at radius 3 is 2.13 bits per heavy atom. The third-order valence-corrected chi connectivity index (χ3v) is 8.64. The molecule has 0 aliphatic carbocycles. The molecule has 7 nitrogen and oxygen atoms in total. The topological polar surface area (TPSA) is 101 Å². The van der Waals surface area contributed by atoms with Gasteiger partial charge in [-0.1, -0.05) is 30.2 Å². The molecular formula is C21H25ClN2O5S2. The number of piperidine rings is 1. The molecule has 2 aromatic carbocycles. The predicted octanol–water partition coefficient (Wildman–Crippen LogP) is 3.41. The van der Waals surface area contributed by atoms with Gasteiger partial charge >= 0.3 is 0 Å². The van der Waals surface area contributed by atoms with Gasteiger partial charge in [0.2, 0.25) is 10.0 Å². The number of sulfone groups is 1. The molecule has 0 unspecified atom stereocenters. The summed E-state index contributed by atoms with van der Waals surface area (Å²) in [5.74, 6) is -0.514. The Balaban J connectivity index is 1.80. The molecule has 1 aliphatic heterocycles. The van der Waals surface area contributed by atoms with Gasteiger partial charge in [-0.25, -0.2) is 16.8 Å². The van der Waals surface area contributed by atoms with Crippen molar-refractivity contribution in [3.63, 3.8) is 0 Å². The zero-order valence-corrected chi connectivity index (χ0v) is 19.7. The fourth-order valence-corrected chi connectivity index (χ4v) is 5.83. The Morgan fingerprint density at radius 2 is 1.55 bits per heavy atom. The van der Waals surface area contributed by atoms with Crippen LogP contribution in [0.25, 0.3) is 0 Å². The highest BCUT2D eigenvalue weighted by molar-refractivity contribution is 7.90. The summed E-state index contributed by atoms with van der Waals surface area (Å²) in [5, 5.41) is 2.94. The minimum Gasteiger partial charge on any atom is -0.345 e. The molecule has 0 aromatic heterocycles. The van der Waals surface area contributed by atoms with Gasteiger partial charge in [-0.15, -0.1) is 0 Å². The zero-order valence-electron chi connectivity index (χ0n) is 17.3. The summed E-state index contributed by atoms with van der Waals surface area (Å²) in [4.78, 5) is 13.1. The van der Waals surface area contributed by atoms with Gasteiger partial charge in [-0.2, -0.15) is 4.31 Å². The second-order valence-corrected chi connectivity index (χ2v) is 12.0. The molecule has 1 fully saturated rings. The third kappa shape index (κ3) is 5.46. The number of benzene rings is 2. The maximum atomic E-state index is 12.9. The molecule has 1 heterocycles. The molecule has 1 amide bonds. The molecule has 1 N–H and O–H groups in total. The number of hydrogen-bond acceptors (Lipinski definition) is 5. The molecule has 1 atom stereocenters. The highest BCUT2D eigenvalue weighted by Crippen LogP contribution is 2.26. The van der Waals surface area contributed by atoms with Gasteiger partial charge in [0, 0.05) is 19.3 Å². The maximum absolute atomic E-state index is 12.9. The van der Waals surface area contributed by atoms with E-state index in [1.54, 1.807) is 19.1 Å². The van der Waals surface area contributed by atoms with E-state index in [-0.39, 0.29) is 20.4 Å². The van der Waals surface area contributed by atoms with Crippen LogP contribution in [-0.2, 0) is 19.9 Å². The average Bonchev–Trinajstić information content (AvgIpc) is 2.74. The van der Waals surface area contributed by atoms with Crippen molar-refractivity contribution in [3.8, 4) is 0 Å². The second-order valence-electron chi connectivity index (χ2n) is 7.64. The first-order valence-corrected chi connectivity index (χ1v) is 13.6. The summed E-state index contributed by atoms with van der Waals surface area (Å²) in [5.41, 5.74) is 0.772. The number of carbonyl (C=O) groups excluding carboxylic acids is 1. The lowest BCUT2D eigenvalue weighted by molar-refractivity contribution is 0.0939. The van der Waals surface area contributed by atoms with Crippen LogP contribution in [0.5, 0.6) is 0 Å². The number of hydrogen-bond donors (Lipinski definition) is 1. The fourth-order valence-electron chi connectivity index (χ4n) is 3.45. The first kappa shape index (κ1) is 23.7. The van der Waals surface area contributed by atoms with Gasteiger partial charge in [0.05, 0.1) is 26.4 Å². The number of sulfonamides is 1. The van der Waals surface area contributed by atoms with E-state index in [9.17, 15) is 21.6 Å². The quantitative estimate of drug-likeness (QED) is 0.677. The zero-order chi connectivity index (χ0) is 22.8. The number of amides is 1. The minimum atomic E-state index is -3.70. The summed E-state index contributed by atoms with van der Waals surface area (Å²) in [6.07, 6.45) is 3.76. The van der Waals surface area contributed by atoms with Crippen LogP contribution in [-0.4, -0.2) is 46.4 Å². The van der Waals surface area contributed by atoms with Crippen molar-refractivity contribution in [2.45, 2.75) is 42.0 Å². The van der Waals surface area contributed by atoms with E-state index in [4.69, 9.17) is 11.6 Å². The molecule has 3 rings (SSSR count). The van der Waals surface area contributed by atoms with Crippen molar-refractivity contribution in [2.75, 3.05) is 19.3 Å². The van der Waals surface area contributed by atoms with Crippen LogP contribution in [0.15, 0.2) is 52.3 Å².